The van der Waals surface area contributed by atoms with Gasteiger partial charge in [-0.15, -0.1) is 0 Å². The number of nitrogens with zero attached hydrogens (tertiary/aromatic N) is 1. The third kappa shape index (κ3) is 4.27. The molecule has 6 heteroatoms. The van der Waals surface area contributed by atoms with Crippen molar-refractivity contribution in [2.24, 2.45) is 0 Å². The molecule has 0 aliphatic carbocycles. The van der Waals surface area contributed by atoms with E-state index in [2.05, 4.69) is 11.6 Å². The molecule has 0 spiro atoms. The second-order valence-corrected chi connectivity index (χ2v) is 4.66. The van der Waals surface area contributed by atoms with Gasteiger partial charge in [0.25, 0.3) is 0 Å². The molecule has 1 heterocycles. The van der Waals surface area contributed by atoms with Crippen molar-refractivity contribution in [1.82, 2.24) is 4.98 Å². The summed E-state index contributed by atoms with van der Waals surface area (Å²) in [7, 11) is 0. The summed E-state index contributed by atoms with van der Waals surface area (Å²) in [5.74, 6) is -0.0618. The average Bonchev–Trinajstić information content (AvgIpc) is 2.37. The second-order valence-electron chi connectivity index (χ2n) is 3.25. The zero-order chi connectivity index (χ0) is 13.5. The highest BCUT2D eigenvalue weighted by Gasteiger charge is 2.09. The summed E-state index contributed by atoms with van der Waals surface area (Å²) in [6.07, 6.45) is 3.29. The van der Waals surface area contributed by atoms with Crippen LogP contribution in [0.25, 0.3) is 5.76 Å². The van der Waals surface area contributed by atoms with Gasteiger partial charge in [0.05, 0.1) is 6.61 Å². The van der Waals surface area contributed by atoms with Gasteiger partial charge in [0, 0.05) is 11.8 Å². The molecule has 0 unspecified atom stereocenters. The van der Waals surface area contributed by atoms with E-state index < -0.39 is 5.82 Å². The van der Waals surface area contributed by atoms with E-state index in [9.17, 15) is 4.39 Å². The van der Waals surface area contributed by atoms with Gasteiger partial charge < -0.3 is 9.47 Å². The Morgan fingerprint density at radius 1 is 1.56 bits per heavy atom. The molecule has 3 nitrogen and oxygen atoms in total. The van der Waals surface area contributed by atoms with Gasteiger partial charge in [-0.25, -0.2) is 4.39 Å². The predicted octanol–water partition coefficient (Wildman–Crippen LogP) is 3.39. The van der Waals surface area contributed by atoms with Crippen LogP contribution in [0.5, 0.6) is 0 Å². The van der Waals surface area contributed by atoms with Crippen molar-refractivity contribution in [2.75, 3.05) is 12.9 Å². The van der Waals surface area contributed by atoms with Gasteiger partial charge >= 0.3 is 0 Å². The van der Waals surface area contributed by atoms with Gasteiger partial charge in [0.2, 0.25) is 4.38 Å². The van der Waals surface area contributed by atoms with E-state index in [1.165, 1.54) is 24.0 Å². The largest absolute Gasteiger partial charge is 0.494 e. The van der Waals surface area contributed by atoms with Gasteiger partial charge in [0.15, 0.2) is 0 Å². The van der Waals surface area contributed by atoms with E-state index in [-0.39, 0.29) is 12.3 Å². The smallest absolute Gasteiger partial charge is 0.220 e. The molecule has 0 atom stereocenters. The third-order valence-corrected chi connectivity index (χ3v) is 3.12. The topological polar surface area (TPSA) is 31.4 Å². The molecule has 0 aliphatic heterocycles. The molecule has 0 radical (unpaired) electrons. The lowest BCUT2D eigenvalue weighted by atomic mass is 10.2. The Hall–Kier alpha value is -1.14. The Kier molecular flexibility index (Phi) is 6.07. The van der Waals surface area contributed by atoms with Crippen LogP contribution in [0.1, 0.15) is 18.2 Å². The summed E-state index contributed by atoms with van der Waals surface area (Å²) in [5.41, 5.74) is 0.727. The maximum absolute atomic E-state index is 13.7. The van der Waals surface area contributed by atoms with Crippen LogP contribution in [0.15, 0.2) is 18.8 Å². The number of hydrogen-bond donors (Lipinski definition) is 0. The molecule has 0 amide bonds. The number of thioether (sulfide) groups is 1. The van der Waals surface area contributed by atoms with Crippen molar-refractivity contribution in [1.29, 1.82) is 0 Å². The highest BCUT2D eigenvalue weighted by atomic mass is 32.2. The third-order valence-electron chi connectivity index (χ3n) is 2.05. The van der Waals surface area contributed by atoms with Crippen LogP contribution < -0.4 is 0 Å². The first-order chi connectivity index (χ1) is 8.58. The first kappa shape index (κ1) is 14.9. The van der Waals surface area contributed by atoms with Gasteiger partial charge in [-0.2, -0.15) is 0 Å². The zero-order valence-electron chi connectivity index (χ0n) is 10.2. The van der Waals surface area contributed by atoms with Crippen molar-refractivity contribution < 1.29 is 13.9 Å². The predicted molar refractivity (Wildman–Crippen MR) is 75.8 cm³/mol. The molecule has 1 aromatic rings. The van der Waals surface area contributed by atoms with Crippen LogP contribution >= 0.6 is 24.0 Å². The molecule has 1 rings (SSSR count). The van der Waals surface area contributed by atoms with Crippen LogP contribution in [0.4, 0.5) is 4.39 Å². The van der Waals surface area contributed by atoms with E-state index in [1.807, 2.05) is 6.92 Å². The van der Waals surface area contributed by atoms with Gasteiger partial charge in [-0.05, 0) is 31.5 Å². The highest BCUT2D eigenvalue weighted by molar-refractivity contribution is 8.22. The van der Waals surface area contributed by atoms with Gasteiger partial charge in [-0.3, -0.25) is 4.98 Å². The number of aromatic nitrogens is 1. The van der Waals surface area contributed by atoms with E-state index in [4.69, 9.17) is 21.7 Å². The molecule has 0 N–H and O–H groups in total. The summed E-state index contributed by atoms with van der Waals surface area (Å²) in [6.45, 7) is 6.02. The first-order valence-corrected chi connectivity index (χ1v) is 6.89. The van der Waals surface area contributed by atoms with Crippen LogP contribution in [-0.2, 0) is 16.1 Å². The average molecular weight is 287 g/mol. The quantitative estimate of drug-likeness (QED) is 0.612. The van der Waals surface area contributed by atoms with Crippen molar-refractivity contribution in [3.8, 4) is 0 Å². The van der Waals surface area contributed by atoms with Crippen LogP contribution in [0, 0.1) is 5.82 Å². The lowest BCUT2D eigenvalue weighted by molar-refractivity contribution is 0.294. The molecule has 0 fully saturated rings. The van der Waals surface area contributed by atoms with Crippen LogP contribution in [0.2, 0.25) is 0 Å². The lowest BCUT2D eigenvalue weighted by Gasteiger charge is -2.09. The summed E-state index contributed by atoms with van der Waals surface area (Å²) < 4.78 is 24.4. The molecule has 98 valence electrons. The number of pyridine rings is 1. The Bertz CT molecular complexity index is 452. The molecule has 0 aromatic carbocycles. The van der Waals surface area contributed by atoms with Gasteiger partial charge in [-0.1, -0.05) is 18.3 Å². The molecule has 18 heavy (non-hydrogen) atoms. The monoisotopic (exact) mass is 287 g/mol. The maximum Gasteiger partial charge on any atom is 0.220 e. The standard InChI is InChI=1S/C12H14FNO2S2/c1-4-15-8(2)9-5-10(13)11(14-6-9)7-16-12(17)18-3/h5-6H,2,4,7H2,1,3H3. The fourth-order valence-electron chi connectivity index (χ4n) is 1.17. The van der Waals surface area contributed by atoms with Crippen molar-refractivity contribution in [2.45, 2.75) is 13.5 Å². The highest BCUT2D eigenvalue weighted by Crippen LogP contribution is 2.16. The van der Waals surface area contributed by atoms with E-state index in [0.717, 1.165) is 0 Å². The normalized spacial score (nSPS) is 9.94. The zero-order valence-corrected chi connectivity index (χ0v) is 11.9. The summed E-state index contributed by atoms with van der Waals surface area (Å²) in [4.78, 5) is 3.98. The van der Waals surface area contributed by atoms with E-state index in [1.54, 1.807) is 6.26 Å². The SMILES string of the molecule is C=C(OCC)c1cnc(COC(=S)SC)c(F)c1. The fourth-order valence-corrected chi connectivity index (χ4v) is 1.40. The molecular weight excluding hydrogens is 273 g/mol. The van der Waals surface area contributed by atoms with E-state index >= 15 is 0 Å². The molecule has 0 bridgehead atoms. The minimum Gasteiger partial charge on any atom is -0.494 e. The Labute approximate surface area is 115 Å². The summed E-state index contributed by atoms with van der Waals surface area (Å²) in [5, 5.41) is 0. The van der Waals surface area contributed by atoms with Crippen molar-refractivity contribution >= 4 is 34.1 Å². The van der Waals surface area contributed by atoms with Crippen molar-refractivity contribution in [3.63, 3.8) is 0 Å². The number of thiocarbonyl (C=S) groups is 1. The molecule has 0 saturated heterocycles. The number of halogens is 1. The summed E-state index contributed by atoms with van der Waals surface area (Å²) in [6, 6.07) is 1.33. The lowest BCUT2D eigenvalue weighted by Crippen LogP contribution is -2.03. The number of hydrogen-bond acceptors (Lipinski definition) is 5. The minimum absolute atomic E-state index is 0.0207. The molecule has 1 aromatic heterocycles. The van der Waals surface area contributed by atoms with Crippen LogP contribution in [0.3, 0.4) is 0 Å². The van der Waals surface area contributed by atoms with Crippen LogP contribution in [-0.4, -0.2) is 22.2 Å². The first-order valence-electron chi connectivity index (χ1n) is 5.25. The Morgan fingerprint density at radius 2 is 2.28 bits per heavy atom. The molecule has 0 aliphatic rings. The van der Waals surface area contributed by atoms with E-state index in [0.29, 0.717) is 22.3 Å². The van der Waals surface area contributed by atoms with Gasteiger partial charge in [0.1, 0.15) is 23.9 Å². The fraction of sp³-hybridized carbons (Fsp3) is 0.333. The Balaban J connectivity index is 2.73. The summed E-state index contributed by atoms with van der Waals surface area (Å²) >= 11 is 6.15. The molecule has 0 saturated carbocycles. The number of rotatable bonds is 5. The van der Waals surface area contributed by atoms with Crippen molar-refractivity contribution in [3.05, 3.63) is 35.9 Å². The maximum atomic E-state index is 13.7. The Morgan fingerprint density at radius 3 is 2.83 bits per heavy atom. The number of ether oxygens (including phenoxy) is 2. The molecular formula is C12H14FNO2S2. The second kappa shape index (κ2) is 7.33. The minimum atomic E-state index is -0.461.